The fraction of sp³-hybridized carbons (Fsp3) is 0. The van der Waals surface area contributed by atoms with E-state index < -0.39 is 0 Å². The zero-order valence-electron chi connectivity index (χ0n) is 34.8. The molecule has 296 valence electrons. The third kappa shape index (κ3) is 7.58. The van der Waals surface area contributed by atoms with Gasteiger partial charge in [0.2, 0.25) is 0 Å². The van der Waals surface area contributed by atoms with E-state index in [1.54, 1.807) is 0 Å². The summed E-state index contributed by atoms with van der Waals surface area (Å²) in [6.45, 7) is 0. The number of nitrogens with zero attached hydrogens (tertiary/aromatic N) is 1. The molecule has 0 saturated carbocycles. The molecule has 11 aromatic rings. The van der Waals surface area contributed by atoms with Gasteiger partial charge in [-0.15, -0.1) is 0 Å². The van der Waals surface area contributed by atoms with Crippen LogP contribution in [0, 0.1) is 0 Å². The molecule has 0 fully saturated rings. The van der Waals surface area contributed by atoms with E-state index in [0.29, 0.717) is 0 Å². The van der Waals surface area contributed by atoms with Crippen molar-refractivity contribution in [3.05, 3.63) is 261 Å². The van der Waals surface area contributed by atoms with Gasteiger partial charge in [0.25, 0.3) is 0 Å². The van der Waals surface area contributed by atoms with Crippen molar-refractivity contribution in [1.82, 2.24) is 0 Å². The Bertz CT molecular complexity index is 3300. The molecule has 0 N–H and O–H groups in total. The standard InChI is InChI=1S/C62H43N/c1-4-16-44(17-5-1)49-23-14-24-50(38-49)47-30-34-56(35-31-47)63(58-26-15-25-51(42-58)62-43-52-22-10-11-27-59(52)60-28-12-13-29-61(60)62)57-36-32-48(33-37-57)55-40-53(45-18-6-2-7-19-45)39-54(41-55)46-20-8-3-9-21-46/h1-43H. The lowest BCUT2D eigenvalue weighted by atomic mass is 9.93. The summed E-state index contributed by atoms with van der Waals surface area (Å²) < 4.78 is 0. The highest BCUT2D eigenvalue weighted by Crippen LogP contribution is 2.42. The third-order valence-corrected chi connectivity index (χ3v) is 12.2. The SMILES string of the molecule is c1ccc(-c2cccc(-c3ccc(N(c4ccc(-c5cc(-c6ccccc6)cc(-c6ccccc6)c5)cc4)c4cccc(-c5cc6ccccc6c6ccccc56)c4)cc3)c2)cc1. The molecule has 0 saturated heterocycles. The second-order valence-electron chi connectivity index (χ2n) is 16.1. The van der Waals surface area contributed by atoms with Crippen molar-refractivity contribution in [2.75, 3.05) is 4.90 Å². The molecule has 1 nitrogen and oxygen atoms in total. The van der Waals surface area contributed by atoms with Crippen LogP contribution in [-0.4, -0.2) is 0 Å². The highest BCUT2D eigenvalue weighted by molar-refractivity contribution is 6.14. The van der Waals surface area contributed by atoms with Crippen LogP contribution in [0.3, 0.4) is 0 Å². The molecule has 11 aromatic carbocycles. The van der Waals surface area contributed by atoms with Crippen molar-refractivity contribution in [1.29, 1.82) is 0 Å². The van der Waals surface area contributed by atoms with Crippen LogP contribution in [0.4, 0.5) is 17.1 Å². The van der Waals surface area contributed by atoms with Gasteiger partial charge >= 0.3 is 0 Å². The Morgan fingerprint density at radius 1 is 0.190 bits per heavy atom. The van der Waals surface area contributed by atoms with Crippen LogP contribution in [0.15, 0.2) is 261 Å². The number of hydrogen-bond donors (Lipinski definition) is 0. The van der Waals surface area contributed by atoms with Crippen LogP contribution in [-0.2, 0) is 0 Å². The predicted molar refractivity (Wildman–Crippen MR) is 269 cm³/mol. The van der Waals surface area contributed by atoms with Crippen molar-refractivity contribution < 1.29 is 0 Å². The number of hydrogen-bond acceptors (Lipinski definition) is 1. The van der Waals surface area contributed by atoms with E-state index in [1.165, 1.54) is 88.3 Å². The molecule has 0 aliphatic carbocycles. The second-order valence-corrected chi connectivity index (χ2v) is 16.1. The summed E-state index contributed by atoms with van der Waals surface area (Å²) in [5.74, 6) is 0. The number of anilines is 3. The highest BCUT2D eigenvalue weighted by Gasteiger charge is 2.17. The largest absolute Gasteiger partial charge is 0.310 e. The van der Waals surface area contributed by atoms with Crippen molar-refractivity contribution in [2.24, 2.45) is 0 Å². The summed E-state index contributed by atoms with van der Waals surface area (Å²) in [7, 11) is 0. The summed E-state index contributed by atoms with van der Waals surface area (Å²) in [6.07, 6.45) is 0. The monoisotopic (exact) mass is 801 g/mol. The van der Waals surface area contributed by atoms with E-state index in [9.17, 15) is 0 Å². The van der Waals surface area contributed by atoms with Crippen LogP contribution >= 0.6 is 0 Å². The fourth-order valence-corrected chi connectivity index (χ4v) is 9.06. The Labute approximate surface area is 369 Å². The van der Waals surface area contributed by atoms with E-state index in [1.807, 2.05) is 0 Å². The molecular formula is C62H43N. The van der Waals surface area contributed by atoms with Gasteiger partial charge in [-0.2, -0.15) is 0 Å². The maximum Gasteiger partial charge on any atom is 0.0467 e. The van der Waals surface area contributed by atoms with E-state index in [0.717, 1.165) is 17.1 Å². The normalized spacial score (nSPS) is 11.2. The second kappa shape index (κ2) is 16.7. The van der Waals surface area contributed by atoms with E-state index in [4.69, 9.17) is 0 Å². The average Bonchev–Trinajstić information content (AvgIpc) is 3.37. The van der Waals surface area contributed by atoms with E-state index in [-0.39, 0.29) is 0 Å². The molecule has 0 aliphatic heterocycles. The number of rotatable bonds is 9. The zero-order chi connectivity index (χ0) is 42.0. The van der Waals surface area contributed by atoms with Gasteiger partial charge in [-0.3, -0.25) is 0 Å². The van der Waals surface area contributed by atoms with E-state index in [2.05, 4.69) is 266 Å². The van der Waals surface area contributed by atoms with Crippen LogP contribution in [0.5, 0.6) is 0 Å². The van der Waals surface area contributed by atoms with Crippen molar-refractivity contribution in [2.45, 2.75) is 0 Å². The Hall–Kier alpha value is -8.26. The van der Waals surface area contributed by atoms with Gasteiger partial charge in [-0.1, -0.05) is 194 Å². The van der Waals surface area contributed by atoms with Gasteiger partial charge in [0.05, 0.1) is 0 Å². The quantitative estimate of drug-likeness (QED) is 0.131. The van der Waals surface area contributed by atoms with Crippen LogP contribution in [0.25, 0.3) is 88.3 Å². The first-order valence-corrected chi connectivity index (χ1v) is 21.7. The lowest BCUT2D eigenvalue weighted by Gasteiger charge is -2.27. The van der Waals surface area contributed by atoms with E-state index >= 15 is 0 Å². The Kier molecular flexibility index (Phi) is 9.97. The molecule has 0 heterocycles. The Morgan fingerprint density at radius 3 is 1.13 bits per heavy atom. The van der Waals surface area contributed by atoms with Gasteiger partial charge in [-0.05, 0) is 155 Å². The fourth-order valence-electron chi connectivity index (χ4n) is 9.06. The van der Waals surface area contributed by atoms with Crippen molar-refractivity contribution >= 4 is 38.6 Å². The van der Waals surface area contributed by atoms with Crippen LogP contribution < -0.4 is 4.90 Å². The van der Waals surface area contributed by atoms with Crippen LogP contribution in [0.1, 0.15) is 0 Å². The van der Waals surface area contributed by atoms with Crippen LogP contribution in [0.2, 0.25) is 0 Å². The Morgan fingerprint density at radius 2 is 0.571 bits per heavy atom. The average molecular weight is 802 g/mol. The van der Waals surface area contributed by atoms with Crippen molar-refractivity contribution in [3.8, 4) is 66.8 Å². The number of fused-ring (bicyclic) bond motifs is 3. The minimum Gasteiger partial charge on any atom is -0.310 e. The summed E-state index contributed by atoms with van der Waals surface area (Å²) in [5, 5.41) is 5.03. The molecule has 0 spiro atoms. The third-order valence-electron chi connectivity index (χ3n) is 12.2. The highest BCUT2D eigenvalue weighted by atomic mass is 15.1. The molecular weight excluding hydrogens is 759 g/mol. The lowest BCUT2D eigenvalue weighted by molar-refractivity contribution is 1.28. The molecule has 0 bridgehead atoms. The summed E-state index contributed by atoms with van der Waals surface area (Å²) in [6, 6.07) is 94.6. The van der Waals surface area contributed by atoms with Gasteiger partial charge < -0.3 is 4.90 Å². The predicted octanol–water partition coefficient (Wildman–Crippen LogP) is 17.5. The van der Waals surface area contributed by atoms with Gasteiger partial charge in [-0.25, -0.2) is 0 Å². The smallest absolute Gasteiger partial charge is 0.0467 e. The maximum absolute atomic E-state index is 2.39. The molecule has 1 heteroatoms. The first-order chi connectivity index (χ1) is 31.2. The maximum atomic E-state index is 2.39. The van der Waals surface area contributed by atoms with Crippen molar-refractivity contribution in [3.63, 3.8) is 0 Å². The summed E-state index contributed by atoms with van der Waals surface area (Å²) >= 11 is 0. The number of benzene rings is 11. The first kappa shape index (κ1) is 37.7. The van der Waals surface area contributed by atoms with Gasteiger partial charge in [0, 0.05) is 17.1 Å². The molecule has 0 radical (unpaired) electrons. The molecule has 0 aromatic heterocycles. The minimum absolute atomic E-state index is 1.08. The topological polar surface area (TPSA) is 3.24 Å². The summed E-state index contributed by atoms with van der Waals surface area (Å²) in [4.78, 5) is 2.39. The molecule has 0 amide bonds. The molecule has 0 unspecified atom stereocenters. The zero-order valence-corrected chi connectivity index (χ0v) is 34.8. The molecule has 11 rings (SSSR count). The minimum atomic E-state index is 1.08. The summed E-state index contributed by atoms with van der Waals surface area (Å²) in [5.41, 5.74) is 17.6. The molecule has 0 atom stereocenters. The first-order valence-electron chi connectivity index (χ1n) is 21.7. The lowest BCUT2D eigenvalue weighted by Crippen LogP contribution is -2.10. The van der Waals surface area contributed by atoms with Gasteiger partial charge in [0.15, 0.2) is 0 Å². The Balaban J connectivity index is 1.02. The molecule has 0 aliphatic rings. The van der Waals surface area contributed by atoms with Gasteiger partial charge in [0.1, 0.15) is 0 Å². The molecule has 63 heavy (non-hydrogen) atoms.